The average Bonchev–Trinajstić information content (AvgIpc) is 2.36. The van der Waals surface area contributed by atoms with E-state index in [1.807, 2.05) is 20.9 Å². The van der Waals surface area contributed by atoms with E-state index in [4.69, 9.17) is 16.3 Å². The lowest BCUT2D eigenvalue weighted by Gasteiger charge is -2.32. The second kappa shape index (κ2) is 6.66. The zero-order valence-electron chi connectivity index (χ0n) is 11.2. The molecule has 1 N–H and O–H groups in total. The van der Waals surface area contributed by atoms with E-state index in [0.29, 0.717) is 10.8 Å². The van der Waals surface area contributed by atoms with E-state index < -0.39 is 10.8 Å². The summed E-state index contributed by atoms with van der Waals surface area (Å²) in [6, 6.07) is 7.12. The Morgan fingerprint density at radius 2 is 1.94 bits per heavy atom. The SMILES string of the molecule is CNC(CS(=O)c1ccc(Cl)cc1)C(C)(C)OC. The Balaban J connectivity index is 2.77. The minimum absolute atomic E-state index is 0.0130. The van der Waals surface area contributed by atoms with Crippen LogP contribution in [0.1, 0.15) is 13.8 Å². The number of benzene rings is 1. The lowest BCUT2D eigenvalue weighted by molar-refractivity contribution is -0.00179. The first kappa shape index (κ1) is 15.6. The molecule has 0 radical (unpaired) electrons. The molecule has 0 amide bonds. The summed E-state index contributed by atoms with van der Waals surface area (Å²) in [5, 5.41) is 3.81. The summed E-state index contributed by atoms with van der Waals surface area (Å²) in [7, 11) is 2.44. The van der Waals surface area contributed by atoms with E-state index in [0.717, 1.165) is 4.90 Å². The maximum atomic E-state index is 12.3. The molecule has 0 heterocycles. The molecular formula is C13H20ClNO2S. The monoisotopic (exact) mass is 289 g/mol. The number of rotatable bonds is 6. The molecule has 0 spiro atoms. The van der Waals surface area contributed by atoms with Gasteiger partial charge in [-0.1, -0.05) is 11.6 Å². The Kier molecular flexibility index (Phi) is 5.79. The van der Waals surface area contributed by atoms with Gasteiger partial charge >= 0.3 is 0 Å². The maximum Gasteiger partial charge on any atom is 0.0784 e. The van der Waals surface area contributed by atoms with Crippen molar-refractivity contribution < 1.29 is 8.95 Å². The third kappa shape index (κ3) is 4.05. The summed E-state index contributed by atoms with van der Waals surface area (Å²) in [5.41, 5.74) is -0.364. The second-order valence-corrected chi connectivity index (χ2v) is 6.55. The van der Waals surface area contributed by atoms with Gasteiger partial charge in [-0.3, -0.25) is 4.21 Å². The number of hydrogen-bond acceptors (Lipinski definition) is 3. The van der Waals surface area contributed by atoms with Crippen molar-refractivity contribution in [2.75, 3.05) is 19.9 Å². The van der Waals surface area contributed by atoms with E-state index in [2.05, 4.69) is 5.32 Å². The molecule has 1 aromatic carbocycles. The van der Waals surface area contributed by atoms with Crippen LogP contribution in [0.5, 0.6) is 0 Å². The zero-order chi connectivity index (χ0) is 13.8. The third-order valence-electron chi connectivity index (χ3n) is 3.11. The van der Waals surface area contributed by atoms with Crippen LogP contribution in [-0.2, 0) is 15.5 Å². The highest BCUT2D eigenvalue weighted by molar-refractivity contribution is 7.85. The number of nitrogens with one attached hydrogen (secondary N) is 1. The number of halogens is 1. The predicted molar refractivity (Wildman–Crippen MR) is 76.7 cm³/mol. The Morgan fingerprint density at radius 1 is 1.39 bits per heavy atom. The molecule has 0 saturated carbocycles. The third-order valence-corrected chi connectivity index (χ3v) is 4.79. The van der Waals surface area contributed by atoms with Gasteiger partial charge < -0.3 is 10.1 Å². The van der Waals surface area contributed by atoms with Gasteiger partial charge in [0.15, 0.2) is 0 Å². The molecule has 0 bridgehead atoms. The van der Waals surface area contributed by atoms with Crippen molar-refractivity contribution in [3.8, 4) is 0 Å². The van der Waals surface area contributed by atoms with E-state index in [9.17, 15) is 4.21 Å². The molecule has 2 unspecified atom stereocenters. The molecule has 18 heavy (non-hydrogen) atoms. The van der Waals surface area contributed by atoms with Crippen molar-refractivity contribution in [3.05, 3.63) is 29.3 Å². The van der Waals surface area contributed by atoms with Gasteiger partial charge in [-0.05, 0) is 45.2 Å². The molecule has 0 aliphatic rings. The van der Waals surface area contributed by atoms with Gasteiger partial charge in [0.25, 0.3) is 0 Å². The van der Waals surface area contributed by atoms with Crippen molar-refractivity contribution in [3.63, 3.8) is 0 Å². The highest BCUT2D eigenvalue weighted by Crippen LogP contribution is 2.18. The molecular weight excluding hydrogens is 270 g/mol. The fraction of sp³-hybridized carbons (Fsp3) is 0.538. The minimum atomic E-state index is -1.07. The van der Waals surface area contributed by atoms with Crippen molar-refractivity contribution in [1.82, 2.24) is 5.32 Å². The number of methoxy groups -OCH3 is 1. The summed E-state index contributed by atoms with van der Waals surface area (Å²) in [5.74, 6) is 0.499. The predicted octanol–water partition coefficient (Wildman–Crippen LogP) is 2.46. The smallest absolute Gasteiger partial charge is 0.0784 e. The van der Waals surface area contributed by atoms with E-state index in [-0.39, 0.29) is 11.6 Å². The standard InChI is InChI=1S/C13H20ClNO2S/c1-13(2,17-4)12(15-3)9-18(16)11-7-5-10(14)6-8-11/h5-8,12,15H,9H2,1-4H3. The molecule has 0 aromatic heterocycles. The first-order chi connectivity index (χ1) is 8.40. The van der Waals surface area contributed by atoms with E-state index in [1.165, 1.54) is 0 Å². The average molecular weight is 290 g/mol. The zero-order valence-corrected chi connectivity index (χ0v) is 12.8. The van der Waals surface area contributed by atoms with Gasteiger partial charge in [0.05, 0.1) is 16.4 Å². The van der Waals surface area contributed by atoms with E-state index >= 15 is 0 Å². The molecule has 0 saturated heterocycles. The van der Waals surface area contributed by atoms with Gasteiger partial charge in [-0.15, -0.1) is 0 Å². The molecule has 0 fully saturated rings. The van der Waals surface area contributed by atoms with Crippen LogP contribution in [0, 0.1) is 0 Å². The summed E-state index contributed by atoms with van der Waals surface area (Å²) in [4.78, 5) is 0.784. The van der Waals surface area contributed by atoms with Crippen molar-refractivity contribution >= 4 is 22.4 Å². The lowest BCUT2D eigenvalue weighted by Crippen LogP contribution is -2.49. The van der Waals surface area contributed by atoms with Gasteiger partial charge in [0.1, 0.15) is 0 Å². The normalized spacial score (nSPS) is 15.4. The molecule has 3 nitrogen and oxygen atoms in total. The summed E-state index contributed by atoms with van der Waals surface area (Å²) in [6.07, 6.45) is 0. The number of likely N-dealkylation sites (N-methyl/N-ethyl adjacent to an activating group) is 1. The second-order valence-electron chi connectivity index (χ2n) is 4.61. The van der Waals surface area contributed by atoms with Gasteiger partial charge in [-0.25, -0.2) is 0 Å². The molecule has 5 heteroatoms. The Morgan fingerprint density at radius 3 is 2.39 bits per heavy atom. The largest absolute Gasteiger partial charge is 0.377 e. The van der Waals surface area contributed by atoms with Crippen LogP contribution in [0.15, 0.2) is 29.2 Å². The minimum Gasteiger partial charge on any atom is -0.377 e. The van der Waals surface area contributed by atoms with Crippen LogP contribution in [0.25, 0.3) is 0 Å². The van der Waals surface area contributed by atoms with Crippen molar-refractivity contribution in [2.24, 2.45) is 0 Å². The van der Waals surface area contributed by atoms with Crippen LogP contribution < -0.4 is 5.32 Å². The topological polar surface area (TPSA) is 38.3 Å². The molecule has 102 valence electrons. The van der Waals surface area contributed by atoms with Gasteiger partial charge in [0, 0.05) is 28.8 Å². The van der Waals surface area contributed by atoms with Crippen molar-refractivity contribution in [2.45, 2.75) is 30.4 Å². The highest BCUT2D eigenvalue weighted by Gasteiger charge is 2.29. The highest BCUT2D eigenvalue weighted by atomic mass is 35.5. The molecule has 2 atom stereocenters. The molecule has 1 aromatic rings. The molecule has 0 aliphatic carbocycles. The summed E-state index contributed by atoms with van der Waals surface area (Å²) >= 11 is 5.81. The van der Waals surface area contributed by atoms with Crippen LogP contribution >= 0.6 is 11.6 Å². The van der Waals surface area contributed by atoms with E-state index in [1.54, 1.807) is 31.4 Å². The Hall–Kier alpha value is -0.420. The van der Waals surface area contributed by atoms with Crippen LogP contribution in [0.2, 0.25) is 5.02 Å². The Labute approximate surface area is 116 Å². The van der Waals surface area contributed by atoms with Crippen molar-refractivity contribution in [1.29, 1.82) is 0 Å². The fourth-order valence-electron chi connectivity index (χ4n) is 1.61. The molecule has 1 rings (SSSR count). The van der Waals surface area contributed by atoms with Gasteiger partial charge in [-0.2, -0.15) is 0 Å². The lowest BCUT2D eigenvalue weighted by atomic mass is 10.0. The van der Waals surface area contributed by atoms with Gasteiger partial charge in [0.2, 0.25) is 0 Å². The van der Waals surface area contributed by atoms with Crippen LogP contribution in [0.4, 0.5) is 0 Å². The number of ether oxygens (including phenoxy) is 1. The van der Waals surface area contributed by atoms with Crippen LogP contribution in [-0.4, -0.2) is 35.8 Å². The first-order valence-corrected chi connectivity index (χ1v) is 7.46. The quantitative estimate of drug-likeness (QED) is 0.874. The maximum absolute atomic E-state index is 12.3. The summed E-state index contributed by atoms with van der Waals surface area (Å²) in [6.45, 7) is 3.96. The number of hydrogen-bond donors (Lipinski definition) is 1. The van der Waals surface area contributed by atoms with Crippen LogP contribution in [0.3, 0.4) is 0 Å². The Bertz CT molecular complexity index is 406. The summed E-state index contributed by atoms with van der Waals surface area (Å²) < 4.78 is 17.7. The molecule has 0 aliphatic heterocycles. The first-order valence-electron chi connectivity index (χ1n) is 5.77. The fourth-order valence-corrected chi connectivity index (χ4v) is 3.24.